The first kappa shape index (κ1) is 34.0. The van der Waals surface area contributed by atoms with Crippen LogP contribution in [0, 0.1) is 5.82 Å². The molecule has 0 spiro atoms. The number of likely N-dealkylation sites (N-methyl/N-ethyl adjacent to an activating group) is 2. The predicted molar refractivity (Wildman–Crippen MR) is 195 cm³/mol. The number of nitrogens with one attached hydrogen (secondary N) is 1. The number of carbonyl (C=O) groups is 2. The smallest absolute Gasteiger partial charge is 0.332 e. The van der Waals surface area contributed by atoms with Gasteiger partial charge in [0.25, 0.3) is 0 Å². The van der Waals surface area contributed by atoms with Gasteiger partial charge in [0.1, 0.15) is 5.75 Å². The molecule has 0 aliphatic carbocycles. The van der Waals surface area contributed by atoms with Crippen molar-refractivity contribution in [1.82, 2.24) is 24.6 Å². The standard InChI is InChI=1S/C38H42FN7O3S/c1-42-16-19-44(20-17-42)21-18-43(2)26-27-8-10-28(11-9-27)35-25-32-36(50-35)34(14-15-40-32)49-33-13-12-29(24-31(33)39)41-37(47)46-23-22-45(38(46)48)30-6-4-3-5-7-30/h3-15,24,35H,16-23,25-26H2,1-2H3,(H,41,47). The number of imide groups is 1. The zero-order valence-electron chi connectivity index (χ0n) is 28.4. The van der Waals surface area contributed by atoms with Gasteiger partial charge in [0, 0.05) is 93.7 Å². The molecule has 2 saturated heterocycles. The van der Waals surface area contributed by atoms with E-state index < -0.39 is 17.9 Å². The van der Waals surface area contributed by atoms with Crippen LogP contribution >= 0.6 is 11.8 Å². The number of amides is 4. The molecule has 50 heavy (non-hydrogen) atoms. The number of urea groups is 2. The van der Waals surface area contributed by atoms with Gasteiger partial charge < -0.3 is 19.9 Å². The Morgan fingerprint density at radius 3 is 2.52 bits per heavy atom. The lowest BCUT2D eigenvalue weighted by molar-refractivity contribution is 0.139. The van der Waals surface area contributed by atoms with Gasteiger partial charge in [-0.2, -0.15) is 0 Å². The van der Waals surface area contributed by atoms with Crippen molar-refractivity contribution in [3.63, 3.8) is 0 Å². The fourth-order valence-electron chi connectivity index (χ4n) is 6.52. The van der Waals surface area contributed by atoms with E-state index in [0.717, 1.165) is 73.4 Å². The number of hydrogen-bond acceptors (Lipinski definition) is 8. The molecule has 1 atom stereocenters. The monoisotopic (exact) mass is 695 g/mol. The first-order chi connectivity index (χ1) is 24.3. The van der Waals surface area contributed by atoms with Crippen LogP contribution in [0.5, 0.6) is 11.5 Å². The van der Waals surface area contributed by atoms with Crippen LogP contribution in [-0.4, -0.2) is 103 Å². The first-order valence-corrected chi connectivity index (χ1v) is 17.9. The van der Waals surface area contributed by atoms with E-state index in [4.69, 9.17) is 4.74 Å². The van der Waals surface area contributed by atoms with Gasteiger partial charge in [0.05, 0.1) is 17.1 Å². The molecule has 3 aliphatic rings. The van der Waals surface area contributed by atoms with E-state index in [1.807, 2.05) is 30.3 Å². The highest BCUT2D eigenvalue weighted by Gasteiger charge is 2.34. The van der Waals surface area contributed by atoms with Crippen molar-refractivity contribution in [3.05, 3.63) is 108 Å². The van der Waals surface area contributed by atoms with E-state index >= 15 is 4.39 Å². The number of fused-ring (bicyclic) bond motifs is 1. The molecule has 4 aromatic rings. The molecule has 1 aromatic heterocycles. The highest BCUT2D eigenvalue weighted by molar-refractivity contribution is 8.00. The van der Waals surface area contributed by atoms with Crippen molar-refractivity contribution in [2.45, 2.75) is 23.1 Å². The van der Waals surface area contributed by atoms with Crippen molar-refractivity contribution in [2.24, 2.45) is 0 Å². The molecule has 1 N–H and O–H groups in total. The van der Waals surface area contributed by atoms with Crippen molar-refractivity contribution >= 4 is 35.2 Å². The van der Waals surface area contributed by atoms with E-state index in [1.54, 1.807) is 35.0 Å². The van der Waals surface area contributed by atoms with Gasteiger partial charge in [-0.15, -0.1) is 11.8 Å². The van der Waals surface area contributed by atoms with Crippen LogP contribution in [0.2, 0.25) is 0 Å². The van der Waals surface area contributed by atoms with Crippen LogP contribution in [0.3, 0.4) is 0 Å². The molecule has 2 fully saturated rings. The number of benzene rings is 3. The van der Waals surface area contributed by atoms with Crippen LogP contribution in [-0.2, 0) is 13.0 Å². The number of halogens is 1. The Labute approximate surface area is 296 Å². The van der Waals surface area contributed by atoms with E-state index in [9.17, 15) is 9.59 Å². The molecule has 4 amide bonds. The van der Waals surface area contributed by atoms with Crippen LogP contribution < -0.4 is 15.0 Å². The van der Waals surface area contributed by atoms with Gasteiger partial charge in [-0.1, -0.05) is 42.5 Å². The summed E-state index contributed by atoms with van der Waals surface area (Å²) in [6.45, 7) is 8.21. The number of aromatic nitrogens is 1. The van der Waals surface area contributed by atoms with Crippen LogP contribution in [0.15, 0.2) is 90.0 Å². The highest BCUT2D eigenvalue weighted by Crippen LogP contribution is 2.50. The molecule has 10 nitrogen and oxygen atoms in total. The number of ether oxygens (including phenoxy) is 1. The zero-order chi connectivity index (χ0) is 34.6. The molecular formula is C38H42FN7O3S. The van der Waals surface area contributed by atoms with Gasteiger partial charge in [-0.3, -0.25) is 14.8 Å². The van der Waals surface area contributed by atoms with Crippen LogP contribution in [0.1, 0.15) is 22.1 Å². The largest absolute Gasteiger partial charge is 0.453 e. The topological polar surface area (TPSA) is 84.5 Å². The Hall–Kier alpha value is -4.49. The molecular weight excluding hydrogens is 654 g/mol. The average Bonchev–Trinajstić information content (AvgIpc) is 3.74. The number of thioether (sulfide) groups is 1. The lowest BCUT2D eigenvalue weighted by Gasteiger charge is -2.33. The summed E-state index contributed by atoms with van der Waals surface area (Å²) in [5.74, 6) is -0.0508. The molecule has 0 bridgehead atoms. The molecule has 0 saturated carbocycles. The minimum absolute atomic E-state index is 0.0362. The van der Waals surface area contributed by atoms with Gasteiger partial charge in [-0.05, 0) is 49.5 Å². The quantitative estimate of drug-likeness (QED) is 0.200. The Morgan fingerprint density at radius 2 is 1.76 bits per heavy atom. The number of anilines is 2. The van der Waals surface area contributed by atoms with E-state index in [1.165, 1.54) is 23.3 Å². The second kappa shape index (κ2) is 15.2. The zero-order valence-corrected chi connectivity index (χ0v) is 29.2. The summed E-state index contributed by atoms with van der Waals surface area (Å²) in [6.07, 6.45) is 2.45. The van der Waals surface area contributed by atoms with E-state index in [0.29, 0.717) is 12.3 Å². The highest BCUT2D eigenvalue weighted by atomic mass is 32.2. The van der Waals surface area contributed by atoms with Crippen molar-refractivity contribution in [2.75, 3.05) is 76.7 Å². The van der Waals surface area contributed by atoms with Crippen molar-refractivity contribution in [1.29, 1.82) is 0 Å². The summed E-state index contributed by atoms with van der Waals surface area (Å²) >= 11 is 1.68. The summed E-state index contributed by atoms with van der Waals surface area (Å²) in [5, 5.41) is 2.82. The minimum atomic E-state index is -0.629. The van der Waals surface area contributed by atoms with Crippen molar-refractivity contribution in [3.8, 4) is 11.5 Å². The Kier molecular flexibility index (Phi) is 10.3. The second-order valence-corrected chi connectivity index (χ2v) is 14.3. The maximum Gasteiger partial charge on any atom is 0.332 e. The Bertz CT molecular complexity index is 1820. The number of pyridine rings is 1. The average molecular weight is 696 g/mol. The van der Waals surface area contributed by atoms with Gasteiger partial charge in [-0.25, -0.2) is 18.9 Å². The Balaban J connectivity index is 0.930. The Morgan fingerprint density at radius 1 is 0.980 bits per heavy atom. The van der Waals surface area contributed by atoms with Crippen molar-refractivity contribution < 1.29 is 18.7 Å². The molecule has 1 unspecified atom stereocenters. The fraction of sp³-hybridized carbons (Fsp3) is 0.342. The number of nitrogens with zero attached hydrogens (tertiary/aromatic N) is 6. The van der Waals surface area contributed by atoms with Gasteiger partial charge in [0.15, 0.2) is 11.6 Å². The van der Waals surface area contributed by atoms with E-state index in [2.05, 4.69) is 63.4 Å². The normalized spacial score (nSPS) is 18.2. The number of piperazine rings is 1. The van der Waals surface area contributed by atoms with Crippen LogP contribution in [0.4, 0.5) is 25.4 Å². The summed E-state index contributed by atoms with van der Waals surface area (Å²) in [4.78, 5) is 41.3. The maximum absolute atomic E-state index is 15.3. The third-order valence-electron chi connectivity index (χ3n) is 9.50. The number of para-hydroxylation sites is 1. The number of hydrogen-bond donors (Lipinski definition) is 1. The lowest BCUT2D eigenvalue weighted by atomic mass is 10.1. The third kappa shape index (κ3) is 7.78. The molecule has 260 valence electrons. The molecule has 3 aromatic carbocycles. The fourth-order valence-corrected chi connectivity index (χ4v) is 7.84. The van der Waals surface area contributed by atoms with Gasteiger partial charge in [0.2, 0.25) is 0 Å². The van der Waals surface area contributed by atoms with Crippen LogP contribution in [0.25, 0.3) is 0 Å². The number of carbonyl (C=O) groups excluding carboxylic acids is 2. The molecule has 0 radical (unpaired) electrons. The first-order valence-electron chi connectivity index (χ1n) is 17.1. The lowest BCUT2D eigenvalue weighted by Crippen LogP contribution is -2.46. The third-order valence-corrected chi connectivity index (χ3v) is 10.9. The summed E-state index contributed by atoms with van der Waals surface area (Å²) < 4.78 is 21.4. The molecule has 12 heteroatoms. The second-order valence-electron chi connectivity index (χ2n) is 13.1. The molecule has 4 heterocycles. The molecule has 7 rings (SSSR count). The summed E-state index contributed by atoms with van der Waals surface area (Å²) in [7, 11) is 4.37. The summed E-state index contributed by atoms with van der Waals surface area (Å²) in [5.41, 5.74) is 4.38. The maximum atomic E-state index is 15.3. The molecule has 3 aliphatic heterocycles. The summed E-state index contributed by atoms with van der Waals surface area (Å²) in [6, 6.07) is 23.0. The SMILES string of the molecule is CN1CCN(CCN(C)Cc2ccc(C3Cc4nccc(Oc5ccc(NC(=O)N6CCN(c7ccccc7)C6=O)cc5F)c4S3)cc2)CC1. The van der Waals surface area contributed by atoms with E-state index in [-0.39, 0.29) is 23.2 Å². The number of rotatable bonds is 10. The van der Waals surface area contributed by atoms with Gasteiger partial charge >= 0.3 is 12.1 Å². The minimum Gasteiger partial charge on any atom is -0.453 e. The predicted octanol–water partition coefficient (Wildman–Crippen LogP) is 6.56.